The van der Waals surface area contributed by atoms with Crippen molar-refractivity contribution >= 4 is 17.4 Å². The number of thioether (sulfide) groups is 1. The van der Waals surface area contributed by atoms with Gasteiger partial charge in [-0.1, -0.05) is 36.0 Å². The van der Waals surface area contributed by atoms with Gasteiger partial charge in [0.1, 0.15) is 0 Å². The number of phenols is 1. The van der Waals surface area contributed by atoms with Gasteiger partial charge >= 0.3 is 0 Å². The molecular formula is C21H20N4O4S. The first-order chi connectivity index (χ1) is 14.6. The van der Waals surface area contributed by atoms with Crippen LogP contribution in [0.15, 0.2) is 54.2 Å². The minimum atomic E-state index is -0.634. The maximum atomic E-state index is 10.2. The Morgan fingerprint density at radius 1 is 1.20 bits per heavy atom. The van der Waals surface area contributed by atoms with Crippen LogP contribution in [0.2, 0.25) is 0 Å². The SMILES string of the molecule is C=CCSc1nnc2c(n1)O[C@H](c1cc(OC)c(O)c(OC)c1)Nc1ccccc1-2. The van der Waals surface area contributed by atoms with Crippen molar-refractivity contribution in [1.29, 1.82) is 0 Å². The molecule has 30 heavy (non-hydrogen) atoms. The van der Waals surface area contributed by atoms with E-state index in [1.165, 1.54) is 26.0 Å². The highest BCUT2D eigenvalue weighted by molar-refractivity contribution is 7.99. The molecule has 154 valence electrons. The monoisotopic (exact) mass is 424 g/mol. The summed E-state index contributed by atoms with van der Waals surface area (Å²) < 4.78 is 16.8. The van der Waals surface area contributed by atoms with Gasteiger partial charge in [-0.05, 0) is 18.2 Å². The summed E-state index contributed by atoms with van der Waals surface area (Å²) >= 11 is 1.42. The number of nitrogens with zero attached hydrogens (tertiary/aromatic N) is 3. The van der Waals surface area contributed by atoms with E-state index in [1.807, 2.05) is 24.3 Å². The van der Waals surface area contributed by atoms with E-state index in [9.17, 15) is 5.11 Å². The third-order valence-electron chi connectivity index (χ3n) is 4.47. The molecule has 1 aliphatic rings. The van der Waals surface area contributed by atoms with Crippen LogP contribution in [0.3, 0.4) is 0 Å². The van der Waals surface area contributed by atoms with E-state index in [0.717, 1.165) is 11.3 Å². The number of phenolic OH excluding ortho intramolecular Hbond substituents is 1. The molecule has 0 radical (unpaired) electrons. The molecule has 1 atom stereocenters. The molecule has 0 unspecified atom stereocenters. The first-order valence-electron chi connectivity index (χ1n) is 9.10. The second kappa shape index (κ2) is 8.50. The van der Waals surface area contributed by atoms with Crippen molar-refractivity contribution in [2.24, 2.45) is 0 Å². The topological polar surface area (TPSA) is 98.6 Å². The van der Waals surface area contributed by atoms with Gasteiger partial charge < -0.3 is 24.6 Å². The van der Waals surface area contributed by atoms with Gasteiger partial charge in [0.2, 0.25) is 16.8 Å². The maximum Gasteiger partial charge on any atom is 0.247 e. The molecule has 4 rings (SSSR count). The van der Waals surface area contributed by atoms with Gasteiger partial charge in [-0.15, -0.1) is 16.8 Å². The van der Waals surface area contributed by atoms with Gasteiger partial charge in [0.05, 0.1) is 14.2 Å². The van der Waals surface area contributed by atoms with Crippen LogP contribution >= 0.6 is 11.8 Å². The van der Waals surface area contributed by atoms with Gasteiger partial charge in [0, 0.05) is 22.6 Å². The normalized spacial score (nSPS) is 14.4. The minimum Gasteiger partial charge on any atom is -0.502 e. The fourth-order valence-corrected chi connectivity index (χ4v) is 3.57. The predicted octanol–water partition coefficient (Wildman–Crippen LogP) is 4.04. The Balaban J connectivity index is 1.82. The summed E-state index contributed by atoms with van der Waals surface area (Å²) in [5, 5.41) is 22.7. The molecule has 0 fully saturated rings. The zero-order valence-electron chi connectivity index (χ0n) is 16.5. The molecule has 0 aliphatic carbocycles. The average molecular weight is 424 g/mol. The number of fused-ring (bicyclic) bond motifs is 3. The molecule has 1 aromatic heterocycles. The van der Waals surface area contributed by atoms with Crippen LogP contribution in [0.1, 0.15) is 11.8 Å². The highest BCUT2D eigenvalue weighted by Gasteiger charge is 2.27. The number of ether oxygens (including phenoxy) is 3. The molecule has 0 saturated heterocycles. The summed E-state index contributed by atoms with van der Waals surface area (Å²) in [6, 6.07) is 11.1. The van der Waals surface area contributed by atoms with E-state index >= 15 is 0 Å². The number of methoxy groups -OCH3 is 2. The van der Waals surface area contributed by atoms with Crippen LogP contribution in [0.25, 0.3) is 11.3 Å². The van der Waals surface area contributed by atoms with E-state index in [4.69, 9.17) is 14.2 Å². The zero-order chi connectivity index (χ0) is 21.1. The first kappa shape index (κ1) is 19.8. The standard InChI is InChI=1S/C21H20N4O4S/c1-4-9-30-21-23-20-17(24-25-21)13-7-5-6-8-14(13)22-19(29-20)12-10-15(27-2)18(26)16(11-12)28-3/h4-8,10-11,19,22,26H,1,9H2,2-3H3/t19-/m1/s1. The molecule has 2 aromatic carbocycles. The number of nitrogens with one attached hydrogen (secondary N) is 1. The molecule has 3 aromatic rings. The lowest BCUT2D eigenvalue weighted by Crippen LogP contribution is -2.17. The molecular weight excluding hydrogens is 404 g/mol. The number of aromatic hydroxyl groups is 1. The molecule has 2 N–H and O–H groups in total. The van der Waals surface area contributed by atoms with E-state index in [-0.39, 0.29) is 17.2 Å². The van der Waals surface area contributed by atoms with Gasteiger partial charge in [0.15, 0.2) is 23.4 Å². The van der Waals surface area contributed by atoms with Crippen molar-refractivity contribution in [2.45, 2.75) is 11.4 Å². The molecule has 2 heterocycles. The number of aromatic nitrogens is 3. The second-order valence-corrected chi connectivity index (χ2v) is 7.30. The minimum absolute atomic E-state index is 0.0784. The van der Waals surface area contributed by atoms with Crippen LogP contribution in [-0.4, -0.2) is 40.3 Å². The lowest BCUT2D eigenvalue weighted by Gasteiger charge is -2.21. The maximum absolute atomic E-state index is 10.2. The van der Waals surface area contributed by atoms with Crippen LogP contribution in [-0.2, 0) is 0 Å². The quantitative estimate of drug-likeness (QED) is 0.448. The van der Waals surface area contributed by atoms with Crippen molar-refractivity contribution in [3.05, 3.63) is 54.6 Å². The molecule has 0 bridgehead atoms. The molecule has 9 heteroatoms. The summed E-state index contributed by atoms with van der Waals surface area (Å²) in [4.78, 5) is 4.56. The van der Waals surface area contributed by atoms with Gasteiger partial charge in [0.25, 0.3) is 0 Å². The van der Waals surface area contributed by atoms with Crippen molar-refractivity contribution in [1.82, 2.24) is 15.2 Å². The Hall–Kier alpha value is -3.46. The van der Waals surface area contributed by atoms with E-state index in [0.29, 0.717) is 28.0 Å². The Morgan fingerprint density at radius 2 is 1.93 bits per heavy atom. The van der Waals surface area contributed by atoms with Gasteiger partial charge in [-0.25, -0.2) is 0 Å². The molecule has 0 amide bonds. The van der Waals surface area contributed by atoms with Crippen molar-refractivity contribution < 1.29 is 19.3 Å². The third kappa shape index (κ3) is 3.71. The number of para-hydroxylation sites is 1. The fourth-order valence-electron chi connectivity index (χ4n) is 3.06. The third-order valence-corrected chi connectivity index (χ3v) is 5.30. The van der Waals surface area contributed by atoms with Crippen molar-refractivity contribution in [2.75, 3.05) is 25.3 Å². The lowest BCUT2D eigenvalue weighted by molar-refractivity contribution is 0.223. The summed E-state index contributed by atoms with van der Waals surface area (Å²) in [5.41, 5.74) is 2.87. The lowest BCUT2D eigenvalue weighted by atomic mass is 10.1. The molecule has 1 aliphatic heterocycles. The Kier molecular flexibility index (Phi) is 5.62. The summed E-state index contributed by atoms with van der Waals surface area (Å²) in [6.07, 6.45) is 1.14. The first-order valence-corrected chi connectivity index (χ1v) is 10.1. The van der Waals surface area contributed by atoms with E-state index in [2.05, 4.69) is 27.1 Å². The van der Waals surface area contributed by atoms with Crippen molar-refractivity contribution in [3.8, 4) is 34.4 Å². The molecule has 8 nitrogen and oxygen atoms in total. The fraction of sp³-hybridized carbons (Fsp3) is 0.190. The van der Waals surface area contributed by atoms with Gasteiger partial charge in [-0.2, -0.15) is 4.98 Å². The number of hydrogen-bond acceptors (Lipinski definition) is 9. The highest BCUT2D eigenvalue weighted by atomic mass is 32.2. The number of rotatable bonds is 6. The largest absolute Gasteiger partial charge is 0.502 e. The number of anilines is 1. The Labute approximate surface area is 177 Å². The molecule has 0 saturated carbocycles. The van der Waals surface area contributed by atoms with E-state index in [1.54, 1.807) is 18.2 Å². The van der Waals surface area contributed by atoms with Crippen LogP contribution < -0.4 is 19.5 Å². The second-order valence-electron chi connectivity index (χ2n) is 6.31. The van der Waals surface area contributed by atoms with Crippen LogP contribution in [0, 0.1) is 0 Å². The van der Waals surface area contributed by atoms with Crippen LogP contribution in [0.5, 0.6) is 23.1 Å². The van der Waals surface area contributed by atoms with Gasteiger partial charge in [-0.3, -0.25) is 0 Å². The summed E-state index contributed by atoms with van der Waals surface area (Å²) in [5.74, 6) is 1.48. The summed E-state index contributed by atoms with van der Waals surface area (Å²) in [6.45, 7) is 3.72. The average Bonchev–Trinajstić information content (AvgIpc) is 2.94. The zero-order valence-corrected chi connectivity index (χ0v) is 17.3. The Morgan fingerprint density at radius 3 is 2.63 bits per heavy atom. The predicted molar refractivity (Wildman–Crippen MR) is 114 cm³/mol. The van der Waals surface area contributed by atoms with Crippen LogP contribution in [0.4, 0.5) is 5.69 Å². The number of benzene rings is 2. The Bertz CT molecular complexity index is 1070. The highest BCUT2D eigenvalue weighted by Crippen LogP contribution is 2.43. The summed E-state index contributed by atoms with van der Waals surface area (Å²) in [7, 11) is 2.95. The smallest absolute Gasteiger partial charge is 0.247 e. The number of hydrogen-bond donors (Lipinski definition) is 2. The van der Waals surface area contributed by atoms with Crippen molar-refractivity contribution in [3.63, 3.8) is 0 Å². The van der Waals surface area contributed by atoms with E-state index < -0.39 is 6.23 Å². The molecule has 0 spiro atoms.